The van der Waals surface area contributed by atoms with E-state index >= 15 is 0 Å². The summed E-state index contributed by atoms with van der Waals surface area (Å²) >= 11 is 0. The fourth-order valence-corrected chi connectivity index (χ4v) is 4.38. The highest BCUT2D eigenvalue weighted by Crippen LogP contribution is 2.39. The molecule has 2 aliphatic rings. The molecule has 35 heavy (non-hydrogen) atoms. The number of aromatic nitrogens is 4. The molecule has 0 unspecified atom stereocenters. The molecule has 3 aromatic rings. The van der Waals surface area contributed by atoms with Gasteiger partial charge in [-0.3, -0.25) is 20.1 Å². The third-order valence-corrected chi connectivity index (χ3v) is 6.31. The van der Waals surface area contributed by atoms with Crippen molar-refractivity contribution in [3.63, 3.8) is 0 Å². The molecular weight excluding hydrogens is 463 g/mol. The predicted octanol–water partition coefficient (Wildman–Crippen LogP) is 4.27. The van der Waals surface area contributed by atoms with Gasteiger partial charge < -0.3 is 4.90 Å². The summed E-state index contributed by atoms with van der Waals surface area (Å²) < 4.78 is 38.9. The van der Waals surface area contributed by atoms with Gasteiger partial charge in [0.2, 0.25) is 0 Å². The number of carbonyl (C=O) groups is 2. The second-order valence-electron chi connectivity index (χ2n) is 8.70. The molecule has 2 N–H and O–H groups in total. The van der Waals surface area contributed by atoms with Gasteiger partial charge in [-0.25, -0.2) is 14.8 Å². The molecule has 5 heterocycles. The molecule has 1 fully saturated rings. The summed E-state index contributed by atoms with van der Waals surface area (Å²) in [4.78, 5) is 38.1. The monoisotopic (exact) mass is 485 g/mol. The molecule has 0 aliphatic carbocycles. The average molecular weight is 485 g/mol. The maximum atomic E-state index is 13.4. The molecule has 2 bridgehead atoms. The average Bonchev–Trinajstić information content (AvgIpc) is 3.50. The smallest absolute Gasteiger partial charge is 0.366 e. The fourth-order valence-electron chi connectivity index (χ4n) is 4.38. The number of hydrogen-bond donors (Lipinski definition) is 2. The Morgan fingerprint density at radius 3 is 2.80 bits per heavy atom. The van der Waals surface area contributed by atoms with Crippen LogP contribution in [0, 0.1) is 5.92 Å². The minimum absolute atomic E-state index is 0.0977. The molecule has 12 heteroatoms. The van der Waals surface area contributed by atoms with Crippen LogP contribution in [0.25, 0.3) is 11.3 Å². The van der Waals surface area contributed by atoms with Crippen LogP contribution in [-0.2, 0) is 0 Å². The second kappa shape index (κ2) is 8.67. The van der Waals surface area contributed by atoms with E-state index in [1.165, 1.54) is 11.0 Å². The number of amides is 2. The second-order valence-corrected chi connectivity index (χ2v) is 8.70. The highest BCUT2D eigenvalue weighted by Gasteiger charge is 2.41. The number of ketones is 1. The van der Waals surface area contributed by atoms with Crippen LogP contribution in [0.5, 0.6) is 0 Å². The Labute approximate surface area is 198 Å². The molecule has 2 atom stereocenters. The van der Waals surface area contributed by atoms with Crippen LogP contribution < -0.4 is 15.1 Å². The van der Waals surface area contributed by atoms with Gasteiger partial charge in [0.25, 0.3) is 0 Å². The van der Waals surface area contributed by atoms with E-state index in [1.54, 1.807) is 36.7 Å². The molecule has 0 saturated carbocycles. The number of H-pyrrole nitrogens is 1. The number of nitrogens with one attached hydrogen (secondary N) is 2. The van der Waals surface area contributed by atoms with E-state index in [1.807, 2.05) is 0 Å². The van der Waals surface area contributed by atoms with E-state index in [0.29, 0.717) is 31.0 Å². The predicted molar refractivity (Wildman–Crippen MR) is 122 cm³/mol. The van der Waals surface area contributed by atoms with Crippen molar-refractivity contribution in [3.8, 4) is 11.3 Å². The van der Waals surface area contributed by atoms with E-state index in [4.69, 9.17) is 0 Å². The minimum Gasteiger partial charge on any atom is -0.366 e. The van der Waals surface area contributed by atoms with Crippen LogP contribution in [0.2, 0.25) is 0 Å². The van der Waals surface area contributed by atoms with Crippen molar-refractivity contribution in [2.75, 3.05) is 28.2 Å². The number of aromatic amines is 1. The molecule has 5 rings (SSSR count). The van der Waals surface area contributed by atoms with Crippen LogP contribution >= 0.6 is 0 Å². The zero-order valence-electron chi connectivity index (χ0n) is 18.7. The number of halogens is 3. The first-order valence-corrected chi connectivity index (χ1v) is 11.1. The maximum Gasteiger partial charge on any atom is 0.391 e. The first kappa shape index (κ1) is 22.8. The third kappa shape index (κ3) is 4.43. The molecular formula is C23H22F3N7O2. The molecule has 2 amide bonds. The number of anilines is 3. The van der Waals surface area contributed by atoms with Gasteiger partial charge >= 0.3 is 12.2 Å². The Morgan fingerprint density at radius 1 is 1.23 bits per heavy atom. The van der Waals surface area contributed by atoms with E-state index < -0.39 is 30.3 Å². The van der Waals surface area contributed by atoms with E-state index in [-0.39, 0.29) is 17.6 Å². The molecule has 0 radical (unpaired) electrons. The number of pyridine rings is 2. The Balaban J connectivity index is 1.42. The summed E-state index contributed by atoms with van der Waals surface area (Å²) in [5.41, 5.74) is 2.10. The summed E-state index contributed by atoms with van der Waals surface area (Å²) in [7, 11) is 0. The van der Waals surface area contributed by atoms with Crippen LogP contribution in [-0.4, -0.2) is 57.3 Å². The molecule has 182 valence electrons. The lowest BCUT2D eigenvalue weighted by Gasteiger charge is -2.35. The van der Waals surface area contributed by atoms with Crippen LogP contribution in [0.15, 0.2) is 42.7 Å². The highest BCUT2D eigenvalue weighted by molar-refractivity contribution is 6.05. The van der Waals surface area contributed by atoms with Crippen molar-refractivity contribution in [3.05, 3.63) is 48.4 Å². The Morgan fingerprint density at radius 2 is 2.06 bits per heavy atom. The minimum atomic E-state index is -4.47. The summed E-state index contributed by atoms with van der Waals surface area (Å²) in [6.45, 7) is 2.27. The largest absolute Gasteiger partial charge is 0.391 e. The van der Waals surface area contributed by atoms with Gasteiger partial charge in [-0.1, -0.05) is 6.92 Å². The van der Waals surface area contributed by atoms with Gasteiger partial charge in [0, 0.05) is 37.5 Å². The summed E-state index contributed by atoms with van der Waals surface area (Å²) in [6, 6.07) is 7.66. The summed E-state index contributed by atoms with van der Waals surface area (Å²) in [5, 5.41) is 9.56. The quantitative estimate of drug-likeness (QED) is 0.523. The zero-order chi connectivity index (χ0) is 24.7. The number of Topliss-reactive ketones (excluding diaryl/α,β-unsaturated/α-hetero) is 1. The van der Waals surface area contributed by atoms with Crippen molar-refractivity contribution >= 4 is 29.1 Å². The lowest BCUT2D eigenvalue weighted by molar-refractivity contribution is -0.168. The molecule has 3 aromatic heterocycles. The first-order chi connectivity index (χ1) is 16.7. The number of rotatable bonds is 5. The van der Waals surface area contributed by atoms with Gasteiger partial charge in [0.15, 0.2) is 11.6 Å². The number of hydrogen-bond acceptors (Lipinski definition) is 6. The van der Waals surface area contributed by atoms with Crippen LogP contribution in [0.4, 0.5) is 35.3 Å². The van der Waals surface area contributed by atoms with Gasteiger partial charge in [-0.2, -0.15) is 18.3 Å². The van der Waals surface area contributed by atoms with Gasteiger partial charge in [0.05, 0.1) is 23.3 Å². The topological polar surface area (TPSA) is 107 Å². The lowest BCUT2D eigenvalue weighted by atomic mass is 10.0. The Bertz CT molecular complexity index is 1260. The number of alkyl halides is 3. The Kier molecular flexibility index (Phi) is 5.65. The van der Waals surface area contributed by atoms with Crippen molar-refractivity contribution < 1.29 is 22.8 Å². The van der Waals surface area contributed by atoms with Crippen molar-refractivity contribution in [2.24, 2.45) is 5.92 Å². The summed E-state index contributed by atoms with van der Waals surface area (Å²) in [6.07, 6.45) is -1.31. The number of carbonyl (C=O) groups excluding carboxylic acids is 2. The number of nitrogens with zero attached hydrogens (tertiary/aromatic N) is 5. The highest BCUT2D eigenvalue weighted by atomic mass is 19.4. The van der Waals surface area contributed by atoms with Crippen LogP contribution in [0.3, 0.4) is 0 Å². The number of fused-ring (bicyclic) bond motifs is 4. The van der Waals surface area contributed by atoms with Crippen molar-refractivity contribution in [1.82, 2.24) is 20.2 Å². The molecule has 1 saturated heterocycles. The van der Waals surface area contributed by atoms with Gasteiger partial charge in [-0.15, -0.1) is 0 Å². The maximum absolute atomic E-state index is 13.4. The van der Waals surface area contributed by atoms with Crippen LogP contribution in [0.1, 0.15) is 30.3 Å². The zero-order valence-corrected chi connectivity index (χ0v) is 18.7. The first-order valence-electron chi connectivity index (χ1n) is 11.1. The molecule has 9 nitrogen and oxygen atoms in total. The third-order valence-electron chi connectivity index (χ3n) is 6.31. The van der Waals surface area contributed by atoms with Crippen molar-refractivity contribution in [2.45, 2.75) is 32.0 Å². The molecule has 2 aliphatic heterocycles. The lowest BCUT2D eigenvalue weighted by Crippen LogP contribution is -2.48. The molecule has 0 aromatic carbocycles. The van der Waals surface area contributed by atoms with E-state index in [9.17, 15) is 22.8 Å². The number of urea groups is 1. The standard InChI is InChI=1S/C23H22F3N7O2/c1-13(23(24,25)26)10-19(34)17-2-3-18-21(29-17)33(15-6-9-32(18)12-15)22(35)30-20-11-14(4-7-27-20)16-5-8-28-31-16/h2-5,7-8,11,13,15H,6,9-10,12H2,1H3,(H,28,31)(H,27,30,35)/t13-,15-/m0/s1. The SMILES string of the molecule is C[C@@H](CC(=O)c1ccc2c(n1)N(C(=O)Nc1cc(-c3ccn[nH]3)ccn1)[C@H]1CCN2C1)C(F)(F)F. The van der Waals surface area contributed by atoms with E-state index in [2.05, 4.69) is 30.4 Å². The van der Waals surface area contributed by atoms with Gasteiger partial charge in [-0.05, 0) is 36.8 Å². The van der Waals surface area contributed by atoms with Gasteiger partial charge in [0.1, 0.15) is 11.5 Å². The fraction of sp³-hybridized carbons (Fsp3) is 0.348. The molecule has 0 spiro atoms. The normalized spacial score (nSPS) is 17.8. The summed E-state index contributed by atoms with van der Waals surface area (Å²) in [5.74, 6) is -1.94. The Hall–Kier alpha value is -3.96. The van der Waals surface area contributed by atoms with E-state index in [0.717, 1.165) is 18.2 Å². The van der Waals surface area contributed by atoms with Crippen molar-refractivity contribution in [1.29, 1.82) is 0 Å².